The van der Waals surface area contributed by atoms with E-state index in [1.54, 1.807) is 12.1 Å². The van der Waals surface area contributed by atoms with Crippen molar-refractivity contribution >= 4 is 15.9 Å². The fraction of sp³-hybridized carbons (Fsp3) is 0.600. The molecule has 0 nitrogen and oxygen atoms in total. The van der Waals surface area contributed by atoms with E-state index in [4.69, 9.17) is 0 Å². The molecule has 2 aliphatic carbocycles. The van der Waals surface area contributed by atoms with E-state index in [-0.39, 0.29) is 0 Å². The molecular weight excluding hydrogens is 317 g/mol. The van der Waals surface area contributed by atoms with Crippen LogP contribution in [0, 0.1) is 17.8 Å². The summed E-state index contributed by atoms with van der Waals surface area (Å²) in [5.41, 5.74) is 0.417. The molecule has 0 bridgehead atoms. The van der Waals surface area contributed by atoms with E-state index in [0.717, 1.165) is 23.8 Å². The largest absolute Gasteiger partial charge is 0.416 e. The minimum absolute atomic E-state index is 0.400. The van der Waals surface area contributed by atoms with Gasteiger partial charge in [-0.05, 0) is 61.1 Å². The van der Waals surface area contributed by atoms with Crippen LogP contribution in [-0.2, 0) is 12.6 Å². The first-order valence-corrected chi connectivity index (χ1v) is 7.65. The van der Waals surface area contributed by atoms with Crippen LogP contribution < -0.4 is 0 Å². The van der Waals surface area contributed by atoms with Gasteiger partial charge < -0.3 is 0 Å². The Hall–Kier alpha value is -0.510. The molecule has 1 aromatic rings. The smallest absolute Gasteiger partial charge is 0.166 e. The van der Waals surface area contributed by atoms with E-state index >= 15 is 0 Å². The molecular formula is C15H16BrF3. The average molecular weight is 333 g/mol. The lowest BCUT2D eigenvalue weighted by Crippen LogP contribution is -2.15. The van der Waals surface area contributed by atoms with Crippen LogP contribution in [0.25, 0.3) is 0 Å². The zero-order chi connectivity index (χ0) is 13.6. The van der Waals surface area contributed by atoms with Crippen LogP contribution in [0.4, 0.5) is 13.2 Å². The summed E-state index contributed by atoms with van der Waals surface area (Å²) in [6, 6.07) is 5.57. The summed E-state index contributed by atoms with van der Waals surface area (Å²) in [7, 11) is 0. The Morgan fingerprint density at radius 3 is 2.16 bits per heavy atom. The summed E-state index contributed by atoms with van der Waals surface area (Å²) in [5.74, 6) is 2.58. The van der Waals surface area contributed by atoms with E-state index in [1.807, 2.05) is 0 Å². The molecule has 3 rings (SSSR count). The monoisotopic (exact) mass is 332 g/mol. The van der Waals surface area contributed by atoms with Crippen molar-refractivity contribution in [1.82, 2.24) is 0 Å². The van der Waals surface area contributed by atoms with Crippen molar-refractivity contribution in [3.8, 4) is 0 Å². The Balaban J connectivity index is 1.60. The second-order valence-corrected chi connectivity index (χ2v) is 7.08. The summed E-state index contributed by atoms with van der Waals surface area (Å²) in [4.78, 5) is 0.400. The highest BCUT2D eigenvalue weighted by Crippen LogP contribution is 2.56. The lowest BCUT2D eigenvalue weighted by molar-refractivity contribution is -0.137. The van der Waals surface area contributed by atoms with Gasteiger partial charge in [0.25, 0.3) is 0 Å². The highest BCUT2D eigenvalue weighted by atomic mass is 79.9. The van der Waals surface area contributed by atoms with Crippen molar-refractivity contribution in [2.45, 2.75) is 36.7 Å². The molecule has 0 aromatic heterocycles. The minimum Gasteiger partial charge on any atom is -0.166 e. The van der Waals surface area contributed by atoms with Crippen molar-refractivity contribution in [3.05, 3.63) is 35.4 Å². The fourth-order valence-corrected chi connectivity index (χ4v) is 4.08. The first kappa shape index (κ1) is 13.5. The lowest BCUT2D eigenvalue weighted by Gasteiger charge is -2.19. The SMILES string of the molecule is FC(F)(F)c1ccc(CC(Br)C2CC3CC3C2)cc1. The molecule has 0 radical (unpaired) electrons. The maximum absolute atomic E-state index is 12.5. The van der Waals surface area contributed by atoms with Gasteiger partial charge in [0, 0.05) is 4.83 Å². The number of halogens is 4. The van der Waals surface area contributed by atoms with Crippen LogP contribution in [0.15, 0.2) is 24.3 Å². The molecule has 4 heteroatoms. The van der Waals surface area contributed by atoms with Gasteiger partial charge in [-0.25, -0.2) is 0 Å². The summed E-state index contributed by atoms with van der Waals surface area (Å²) in [6.07, 6.45) is 0.570. The van der Waals surface area contributed by atoms with E-state index in [0.29, 0.717) is 10.7 Å². The number of fused-ring (bicyclic) bond motifs is 1. The van der Waals surface area contributed by atoms with Crippen LogP contribution >= 0.6 is 15.9 Å². The maximum atomic E-state index is 12.5. The molecule has 0 amide bonds. The molecule has 0 N–H and O–H groups in total. The second-order valence-electron chi connectivity index (χ2n) is 5.90. The summed E-state index contributed by atoms with van der Waals surface area (Å²) < 4.78 is 37.4. The van der Waals surface area contributed by atoms with Gasteiger partial charge in [0.15, 0.2) is 0 Å². The van der Waals surface area contributed by atoms with Crippen molar-refractivity contribution < 1.29 is 13.2 Å². The van der Waals surface area contributed by atoms with Crippen LogP contribution in [0.5, 0.6) is 0 Å². The van der Waals surface area contributed by atoms with Gasteiger partial charge in [-0.3, -0.25) is 0 Å². The van der Waals surface area contributed by atoms with Gasteiger partial charge in [0.2, 0.25) is 0 Å². The van der Waals surface area contributed by atoms with Crippen molar-refractivity contribution in [3.63, 3.8) is 0 Å². The van der Waals surface area contributed by atoms with Crippen LogP contribution in [0.3, 0.4) is 0 Å². The van der Waals surface area contributed by atoms with Crippen LogP contribution in [0.2, 0.25) is 0 Å². The van der Waals surface area contributed by atoms with E-state index in [9.17, 15) is 13.2 Å². The number of hydrogen-bond donors (Lipinski definition) is 0. The predicted octanol–water partition coefficient (Wildman–Crippen LogP) is 5.06. The molecule has 2 saturated carbocycles. The predicted molar refractivity (Wildman–Crippen MR) is 72.2 cm³/mol. The Kier molecular flexibility index (Phi) is 3.40. The van der Waals surface area contributed by atoms with Gasteiger partial charge in [0.1, 0.15) is 0 Å². The highest BCUT2D eigenvalue weighted by molar-refractivity contribution is 9.09. The lowest BCUT2D eigenvalue weighted by atomic mass is 9.94. The van der Waals surface area contributed by atoms with Gasteiger partial charge >= 0.3 is 6.18 Å². The molecule has 3 unspecified atom stereocenters. The van der Waals surface area contributed by atoms with Gasteiger partial charge in [-0.1, -0.05) is 28.1 Å². The Morgan fingerprint density at radius 1 is 1.05 bits per heavy atom. The first-order valence-electron chi connectivity index (χ1n) is 6.73. The normalized spacial score (nSPS) is 31.1. The van der Waals surface area contributed by atoms with Crippen LogP contribution in [-0.4, -0.2) is 4.83 Å². The Labute approximate surface area is 119 Å². The fourth-order valence-electron chi connectivity index (χ4n) is 3.28. The average Bonchev–Trinajstić information content (AvgIpc) is 2.95. The van der Waals surface area contributed by atoms with Gasteiger partial charge in [-0.15, -0.1) is 0 Å². The third-order valence-corrected chi connectivity index (χ3v) is 5.57. The topological polar surface area (TPSA) is 0 Å². The third-order valence-electron chi connectivity index (χ3n) is 4.50. The molecule has 3 atom stereocenters. The Morgan fingerprint density at radius 2 is 1.63 bits per heavy atom. The third kappa shape index (κ3) is 2.99. The van der Waals surface area contributed by atoms with Crippen molar-refractivity contribution in [2.24, 2.45) is 17.8 Å². The molecule has 2 aliphatic rings. The van der Waals surface area contributed by atoms with Gasteiger partial charge in [0.05, 0.1) is 5.56 Å². The number of hydrogen-bond acceptors (Lipinski definition) is 0. The molecule has 1 aromatic carbocycles. The van der Waals surface area contributed by atoms with Crippen LogP contribution in [0.1, 0.15) is 30.4 Å². The summed E-state index contributed by atoms with van der Waals surface area (Å²) in [5, 5.41) is 0. The molecule has 0 spiro atoms. The molecule has 19 heavy (non-hydrogen) atoms. The molecule has 2 fully saturated rings. The summed E-state index contributed by atoms with van der Waals surface area (Å²) >= 11 is 3.73. The first-order chi connectivity index (χ1) is 8.93. The molecule has 0 saturated heterocycles. The zero-order valence-electron chi connectivity index (χ0n) is 10.5. The van der Waals surface area contributed by atoms with E-state index < -0.39 is 11.7 Å². The number of rotatable bonds is 3. The summed E-state index contributed by atoms with van der Waals surface area (Å²) in [6.45, 7) is 0. The van der Waals surface area contributed by atoms with E-state index in [1.165, 1.54) is 31.4 Å². The minimum atomic E-state index is -4.24. The molecule has 0 aliphatic heterocycles. The highest BCUT2D eigenvalue weighted by Gasteiger charge is 2.47. The number of benzene rings is 1. The van der Waals surface area contributed by atoms with Crippen molar-refractivity contribution in [2.75, 3.05) is 0 Å². The standard InChI is InChI=1S/C15H16BrF3/c16-14(12-7-10-6-11(10)8-12)5-9-1-3-13(4-2-9)15(17,18)19/h1-4,10-12,14H,5-8H2. The molecule has 0 heterocycles. The zero-order valence-corrected chi connectivity index (χ0v) is 12.0. The number of alkyl halides is 4. The van der Waals surface area contributed by atoms with E-state index in [2.05, 4.69) is 15.9 Å². The molecule has 104 valence electrons. The van der Waals surface area contributed by atoms with Gasteiger partial charge in [-0.2, -0.15) is 13.2 Å². The maximum Gasteiger partial charge on any atom is 0.416 e. The second kappa shape index (κ2) is 4.80. The van der Waals surface area contributed by atoms with Crippen molar-refractivity contribution in [1.29, 1.82) is 0 Å². The quantitative estimate of drug-likeness (QED) is 0.679. The Bertz CT molecular complexity index is 441.